The van der Waals surface area contributed by atoms with Gasteiger partial charge in [0.05, 0.1) is 10.5 Å². The number of nitro groups is 1. The van der Waals surface area contributed by atoms with E-state index in [4.69, 9.17) is 5.11 Å². The first-order chi connectivity index (χ1) is 6.43. The van der Waals surface area contributed by atoms with E-state index in [9.17, 15) is 19.3 Å². The summed E-state index contributed by atoms with van der Waals surface area (Å²) in [6, 6.07) is 1.27. The Labute approximate surface area is 77.9 Å². The Balaban J connectivity index is 3.42. The Bertz CT molecular complexity index is 381. The Morgan fingerprint density at radius 2 is 2.14 bits per heavy atom. The largest absolute Gasteiger partial charge is 0.502 e. The van der Waals surface area contributed by atoms with Gasteiger partial charge in [-0.05, 0) is 6.92 Å². The first-order valence-electron chi connectivity index (χ1n) is 3.61. The Hall–Kier alpha value is -1.98. The van der Waals surface area contributed by atoms with Crippen LogP contribution in [0.1, 0.15) is 17.3 Å². The van der Waals surface area contributed by atoms with Gasteiger partial charge < -0.3 is 5.11 Å². The second-order valence-electron chi connectivity index (χ2n) is 2.63. The molecule has 0 amide bonds. The standard InChI is InChI=1S/C8H6FNO4/c1-4(11)5-2-7(10(13)14)8(12)3-6(5)9/h2-3,12H,1H3. The molecular formula is C8H6FNO4. The molecule has 0 unspecified atom stereocenters. The number of hydrogen-bond acceptors (Lipinski definition) is 4. The molecule has 0 atom stereocenters. The molecule has 6 heteroatoms. The van der Waals surface area contributed by atoms with Gasteiger partial charge in [-0.25, -0.2) is 4.39 Å². The fraction of sp³-hybridized carbons (Fsp3) is 0.125. The molecule has 0 saturated heterocycles. The van der Waals surface area contributed by atoms with Crippen molar-refractivity contribution in [1.29, 1.82) is 0 Å². The summed E-state index contributed by atoms with van der Waals surface area (Å²) in [7, 11) is 0. The van der Waals surface area contributed by atoms with E-state index >= 15 is 0 Å². The predicted molar refractivity (Wildman–Crippen MR) is 44.7 cm³/mol. The lowest BCUT2D eigenvalue weighted by atomic mass is 10.1. The average Bonchev–Trinajstić information content (AvgIpc) is 2.02. The number of benzene rings is 1. The van der Waals surface area contributed by atoms with Gasteiger partial charge in [-0.15, -0.1) is 0 Å². The third kappa shape index (κ3) is 1.68. The van der Waals surface area contributed by atoms with Crippen molar-refractivity contribution in [2.24, 2.45) is 0 Å². The number of carbonyl (C=O) groups is 1. The van der Waals surface area contributed by atoms with Gasteiger partial charge in [0.1, 0.15) is 5.82 Å². The Morgan fingerprint density at radius 1 is 1.57 bits per heavy atom. The first kappa shape index (κ1) is 10.1. The fourth-order valence-electron chi connectivity index (χ4n) is 0.967. The molecule has 1 N–H and O–H groups in total. The van der Waals surface area contributed by atoms with Crippen LogP contribution in [0.5, 0.6) is 5.75 Å². The summed E-state index contributed by atoms with van der Waals surface area (Å²) in [6.45, 7) is 1.08. The number of nitro benzene ring substituents is 1. The van der Waals surface area contributed by atoms with Crippen LogP contribution in [0, 0.1) is 15.9 Å². The second-order valence-corrected chi connectivity index (χ2v) is 2.63. The molecule has 0 bridgehead atoms. The second kappa shape index (κ2) is 3.41. The van der Waals surface area contributed by atoms with Crippen LogP contribution in [0.25, 0.3) is 0 Å². The number of ketones is 1. The highest BCUT2D eigenvalue weighted by Crippen LogP contribution is 2.28. The molecule has 74 valence electrons. The number of carbonyl (C=O) groups excluding carboxylic acids is 1. The number of Topliss-reactive ketones (excluding diaryl/α,β-unsaturated/α-hetero) is 1. The molecule has 0 fully saturated rings. The number of aromatic hydroxyl groups is 1. The maximum atomic E-state index is 12.9. The SMILES string of the molecule is CC(=O)c1cc([N+](=O)[O-])c(O)cc1F. The minimum atomic E-state index is -0.972. The summed E-state index contributed by atoms with van der Waals surface area (Å²) >= 11 is 0. The van der Waals surface area contributed by atoms with Crippen molar-refractivity contribution in [3.63, 3.8) is 0 Å². The molecule has 0 heterocycles. The van der Waals surface area contributed by atoms with E-state index in [0.29, 0.717) is 12.1 Å². The van der Waals surface area contributed by atoms with Crippen molar-refractivity contribution in [2.45, 2.75) is 6.92 Å². The summed E-state index contributed by atoms with van der Waals surface area (Å²) in [6.07, 6.45) is 0. The monoisotopic (exact) mass is 199 g/mol. The highest BCUT2D eigenvalue weighted by Gasteiger charge is 2.19. The zero-order valence-corrected chi connectivity index (χ0v) is 7.15. The summed E-state index contributed by atoms with van der Waals surface area (Å²) in [5, 5.41) is 19.3. The highest BCUT2D eigenvalue weighted by molar-refractivity contribution is 5.95. The number of nitrogens with zero attached hydrogens (tertiary/aromatic N) is 1. The van der Waals surface area contributed by atoms with Gasteiger partial charge >= 0.3 is 5.69 Å². The molecule has 1 aromatic rings. The van der Waals surface area contributed by atoms with E-state index in [1.807, 2.05) is 0 Å². The molecule has 14 heavy (non-hydrogen) atoms. The van der Waals surface area contributed by atoms with Crippen LogP contribution in [-0.2, 0) is 0 Å². The Kier molecular flexibility index (Phi) is 2.46. The molecule has 0 radical (unpaired) electrons. The van der Waals surface area contributed by atoms with E-state index in [-0.39, 0.29) is 0 Å². The van der Waals surface area contributed by atoms with Crippen molar-refractivity contribution >= 4 is 11.5 Å². The van der Waals surface area contributed by atoms with Crippen LogP contribution in [-0.4, -0.2) is 15.8 Å². The van der Waals surface area contributed by atoms with Crippen LogP contribution in [0.15, 0.2) is 12.1 Å². The summed E-state index contributed by atoms with van der Waals surface area (Å²) in [5.74, 6) is -2.40. The van der Waals surface area contributed by atoms with Gasteiger partial charge in [0.2, 0.25) is 0 Å². The topological polar surface area (TPSA) is 80.4 Å². The molecule has 1 rings (SSSR count). The third-order valence-corrected chi connectivity index (χ3v) is 1.64. The first-order valence-corrected chi connectivity index (χ1v) is 3.61. The lowest BCUT2D eigenvalue weighted by Gasteiger charge is -2.00. The zero-order valence-electron chi connectivity index (χ0n) is 7.15. The maximum absolute atomic E-state index is 12.9. The lowest BCUT2D eigenvalue weighted by Crippen LogP contribution is -1.99. The van der Waals surface area contributed by atoms with Crippen molar-refractivity contribution in [2.75, 3.05) is 0 Å². The molecule has 0 aliphatic heterocycles. The smallest absolute Gasteiger partial charge is 0.311 e. The summed E-state index contributed by atoms with van der Waals surface area (Å²) in [4.78, 5) is 20.2. The van der Waals surface area contributed by atoms with Crippen LogP contribution < -0.4 is 0 Å². The normalized spacial score (nSPS) is 9.86. The number of rotatable bonds is 2. The maximum Gasteiger partial charge on any atom is 0.311 e. The van der Waals surface area contributed by atoms with Gasteiger partial charge in [-0.2, -0.15) is 0 Å². The zero-order chi connectivity index (χ0) is 10.9. The minimum absolute atomic E-state index is 0.408. The van der Waals surface area contributed by atoms with E-state index in [1.165, 1.54) is 0 Å². The quantitative estimate of drug-likeness (QED) is 0.446. The number of halogens is 1. The van der Waals surface area contributed by atoms with E-state index in [0.717, 1.165) is 6.92 Å². The van der Waals surface area contributed by atoms with Gasteiger partial charge in [0.25, 0.3) is 0 Å². The lowest BCUT2D eigenvalue weighted by molar-refractivity contribution is -0.385. The minimum Gasteiger partial charge on any atom is -0.502 e. The van der Waals surface area contributed by atoms with Crippen LogP contribution >= 0.6 is 0 Å². The number of hydrogen-bond donors (Lipinski definition) is 1. The van der Waals surface area contributed by atoms with Gasteiger partial charge in [0.15, 0.2) is 11.5 Å². The third-order valence-electron chi connectivity index (χ3n) is 1.64. The van der Waals surface area contributed by atoms with Crippen molar-refractivity contribution in [3.05, 3.63) is 33.6 Å². The van der Waals surface area contributed by atoms with Crippen LogP contribution in [0.2, 0.25) is 0 Å². The van der Waals surface area contributed by atoms with E-state index < -0.39 is 33.5 Å². The van der Waals surface area contributed by atoms with Crippen molar-refractivity contribution in [1.82, 2.24) is 0 Å². The molecule has 0 spiro atoms. The molecular weight excluding hydrogens is 193 g/mol. The van der Waals surface area contributed by atoms with Crippen molar-refractivity contribution < 1.29 is 19.2 Å². The number of phenols is 1. The molecule has 0 aliphatic rings. The van der Waals surface area contributed by atoms with Gasteiger partial charge in [0, 0.05) is 12.1 Å². The molecule has 5 nitrogen and oxygen atoms in total. The molecule has 0 aromatic heterocycles. The highest BCUT2D eigenvalue weighted by atomic mass is 19.1. The van der Waals surface area contributed by atoms with Crippen LogP contribution in [0.3, 0.4) is 0 Å². The predicted octanol–water partition coefficient (Wildman–Crippen LogP) is 1.64. The Morgan fingerprint density at radius 3 is 2.57 bits per heavy atom. The van der Waals surface area contributed by atoms with Crippen LogP contribution in [0.4, 0.5) is 10.1 Å². The molecule has 0 saturated carbocycles. The van der Waals surface area contributed by atoms with E-state index in [1.54, 1.807) is 0 Å². The summed E-state index contributed by atoms with van der Waals surface area (Å²) in [5.41, 5.74) is -1.09. The van der Waals surface area contributed by atoms with Crippen molar-refractivity contribution in [3.8, 4) is 5.75 Å². The molecule has 1 aromatic carbocycles. The van der Waals surface area contributed by atoms with Gasteiger partial charge in [-0.1, -0.05) is 0 Å². The van der Waals surface area contributed by atoms with Gasteiger partial charge in [-0.3, -0.25) is 14.9 Å². The molecule has 0 aliphatic carbocycles. The fourth-order valence-corrected chi connectivity index (χ4v) is 0.967. The average molecular weight is 199 g/mol. The number of phenolic OH excluding ortho intramolecular Hbond substituents is 1. The summed E-state index contributed by atoms with van der Waals surface area (Å²) < 4.78 is 12.9. The van der Waals surface area contributed by atoms with E-state index in [2.05, 4.69) is 0 Å².